The van der Waals surface area contributed by atoms with Crippen molar-refractivity contribution in [3.63, 3.8) is 0 Å². The van der Waals surface area contributed by atoms with Gasteiger partial charge in [0.05, 0.1) is 12.2 Å². The minimum atomic E-state index is -0.406. The number of aromatic amines is 1. The Labute approximate surface area is 96.0 Å². The Morgan fingerprint density at radius 1 is 1.62 bits per heavy atom. The first kappa shape index (κ1) is 12.7. The molecule has 90 valence electrons. The van der Waals surface area contributed by atoms with E-state index in [2.05, 4.69) is 24.0 Å². The molecule has 0 fully saturated rings. The highest BCUT2D eigenvalue weighted by Gasteiger charge is 2.19. The Morgan fingerprint density at radius 3 is 2.81 bits per heavy atom. The van der Waals surface area contributed by atoms with Crippen LogP contribution in [0, 0.1) is 5.92 Å². The van der Waals surface area contributed by atoms with E-state index in [0.717, 1.165) is 5.56 Å². The molecule has 0 aliphatic heterocycles. The van der Waals surface area contributed by atoms with Crippen molar-refractivity contribution in [1.82, 2.24) is 15.1 Å². The fraction of sp³-hybridized carbons (Fsp3) is 0.636. The summed E-state index contributed by atoms with van der Waals surface area (Å²) >= 11 is 0. The monoisotopic (exact) mass is 224 g/mol. The predicted octanol–water partition coefficient (Wildman–Crippen LogP) is 0.741. The number of hydrogen-bond acceptors (Lipinski definition) is 3. The van der Waals surface area contributed by atoms with E-state index in [1.807, 2.05) is 0 Å². The van der Waals surface area contributed by atoms with Gasteiger partial charge in [-0.3, -0.25) is 9.89 Å². The lowest BCUT2D eigenvalue weighted by molar-refractivity contribution is -0.132. The molecule has 0 aromatic carbocycles. The van der Waals surface area contributed by atoms with Crippen LogP contribution in [0.1, 0.15) is 25.8 Å². The van der Waals surface area contributed by atoms with Gasteiger partial charge in [-0.1, -0.05) is 13.8 Å². The molecule has 0 radical (unpaired) electrons. The van der Waals surface area contributed by atoms with Crippen LogP contribution in [-0.2, 0) is 11.3 Å². The molecule has 0 saturated carbocycles. The summed E-state index contributed by atoms with van der Waals surface area (Å²) in [6, 6.07) is -0.406. The molecule has 1 atom stereocenters. The number of carbonyl (C=O) groups is 1. The zero-order valence-electron chi connectivity index (χ0n) is 10.1. The first-order valence-corrected chi connectivity index (χ1v) is 5.49. The maximum absolute atomic E-state index is 11.9. The summed E-state index contributed by atoms with van der Waals surface area (Å²) in [7, 11) is 1.76. The zero-order valence-corrected chi connectivity index (χ0v) is 10.1. The van der Waals surface area contributed by atoms with E-state index in [1.54, 1.807) is 24.3 Å². The molecule has 1 aromatic heterocycles. The maximum Gasteiger partial charge on any atom is 0.239 e. The molecule has 16 heavy (non-hydrogen) atoms. The van der Waals surface area contributed by atoms with Crippen LogP contribution in [0.3, 0.4) is 0 Å². The zero-order chi connectivity index (χ0) is 12.1. The number of rotatable bonds is 5. The summed E-state index contributed by atoms with van der Waals surface area (Å²) in [6.07, 6.45) is 4.20. The number of carbonyl (C=O) groups excluding carboxylic acids is 1. The molecule has 0 aliphatic carbocycles. The second-order valence-electron chi connectivity index (χ2n) is 4.54. The van der Waals surface area contributed by atoms with Crippen LogP contribution < -0.4 is 5.73 Å². The summed E-state index contributed by atoms with van der Waals surface area (Å²) in [6.45, 7) is 4.66. The minimum absolute atomic E-state index is 0.0186. The Kier molecular flexibility index (Phi) is 4.49. The van der Waals surface area contributed by atoms with Gasteiger partial charge < -0.3 is 10.6 Å². The minimum Gasteiger partial charge on any atom is -0.340 e. The number of hydrogen-bond donors (Lipinski definition) is 2. The van der Waals surface area contributed by atoms with Gasteiger partial charge in [-0.15, -0.1) is 0 Å². The van der Waals surface area contributed by atoms with Gasteiger partial charge in [-0.2, -0.15) is 5.10 Å². The summed E-state index contributed by atoms with van der Waals surface area (Å²) in [4.78, 5) is 13.5. The van der Waals surface area contributed by atoms with E-state index in [-0.39, 0.29) is 5.91 Å². The summed E-state index contributed by atoms with van der Waals surface area (Å²) in [5.74, 6) is 0.413. The quantitative estimate of drug-likeness (QED) is 0.774. The van der Waals surface area contributed by atoms with Crippen molar-refractivity contribution < 1.29 is 4.79 Å². The van der Waals surface area contributed by atoms with E-state index in [9.17, 15) is 4.79 Å². The van der Waals surface area contributed by atoms with Crippen molar-refractivity contribution >= 4 is 5.91 Å². The van der Waals surface area contributed by atoms with Crippen LogP contribution in [0.5, 0.6) is 0 Å². The highest BCUT2D eigenvalue weighted by molar-refractivity contribution is 5.81. The van der Waals surface area contributed by atoms with Crippen molar-refractivity contribution in [2.45, 2.75) is 32.9 Å². The van der Waals surface area contributed by atoms with Gasteiger partial charge >= 0.3 is 0 Å². The lowest BCUT2D eigenvalue weighted by atomic mass is 10.0. The Bertz CT molecular complexity index is 321. The predicted molar refractivity (Wildman–Crippen MR) is 62.5 cm³/mol. The number of aromatic nitrogens is 2. The van der Waals surface area contributed by atoms with Gasteiger partial charge in [0.1, 0.15) is 0 Å². The van der Waals surface area contributed by atoms with Crippen molar-refractivity contribution in [1.29, 1.82) is 0 Å². The van der Waals surface area contributed by atoms with Crippen LogP contribution >= 0.6 is 0 Å². The molecule has 0 aliphatic rings. The van der Waals surface area contributed by atoms with Crippen LogP contribution in [0.2, 0.25) is 0 Å². The van der Waals surface area contributed by atoms with Crippen molar-refractivity contribution in [3.8, 4) is 0 Å². The Balaban J connectivity index is 2.47. The normalized spacial score (nSPS) is 12.8. The molecule has 1 rings (SSSR count). The van der Waals surface area contributed by atoms with E-state index in [1.165, 1.54) is 0 Å². The molecule has 1 heterocycles. The van der Waals surface area contributed by atoms with E-state index < -0.39 is 6.04 Å². The van der Waals surface area contributed by atoms with E-state index in [4.69, 9.17) is 5.73 Å². The number of H-pyrrole nitrogens is 1. The SMILES string of the molecule is CC(C)C[C@@H](N)C(=O)N(C)Cc1cn[nH]c1. The molecule has 5 heteroatoms. The second-order valence-corrected chi connectivity index (χ2v) is 4.54. The summed E-state index contributed by atoms with van der Waals surface area (Å²) in [5.41, 5.74) is 6.81. The lowest BCUT2D eigenvalue weighted by Crippen LogP contribution is -2.42. The molecule has 0 saturated heterocycles. The van der Waals surface area contributed by atoms with Crippen LogP contribution in [0.4, 0.5) is 0 Å². The topological polar surface area (TPSA) is 75.0 Å². The van der Waals surface area contributed by atoms with E-state index in [0.29, 0.717) is 18.9 Å². The molecule has 1 amide bonds. The smallest absolute Gasteiger partial charge is 0.239 e. The van der Waals surface area contributed by atoms with Gasteiger partial charge in [0.2, 0.25) is 5.91 Å². The molecular formula is C11H20N4O. The average molecular weight is 224 g/mol. The van der Waals surface area contributed by atoms with E-state index >= 15 is 0 Å². The first-order valence-electron chi connectivity index (χ1n) is 5.49. The third-order valence-electron chi connectivity index (χ3n) is 2.39. The van der Waals surface area contributed by atoms with Crippen LogP contribution in [0.15, 0.2) is 12.4 Å². The second kappa shape index (κ2) is 5.65. The largest absolute Gasteiger partial charge is 0.340 e. The fourth-order valence-corrected chi connectivity index (χ4v) is 1.61. The Morgan fingerprint density at radius 2 is 2.31 bits per heavy atom. The number of nitrogens with one attached hydrogen (secondary N) is 1. The van der Waals surface area contributed by atoms with Crippen LogP contribution in [-0.4, -0.2) is 34.1 Å². The fourth-order valence-electron chi connectivity index (χ4n) is 1.61. The van der Waals surface area contributed by atoms with Gasteiger partial charge in [-0.25, -0.2) is 0 Å². The maximum atomic E-state index is 11.9. The average Bonchev–Trinajstić information content (AvgIpc) is 2.68. The van der Waals surface area contributed by atoms with Crippen molar-refractivity contribution in [3.05, 3.63) is 18.0 Å². The highest BCUT2D eigenvalue weighted by Crippen LogP contribution is 2.07. The molecule has 0 spiro atoms. The van der Waals surface area contributed by atoms with Gasteiger partial charge in [0.15, 0.2) is 0 Å². The number of likely N-dealkylation sites (N-methyl/N-ethyl adjacent to an activating group) is 1. The molecule has 0 unspecified atom stereocenters. The van der Waals surface area contributed by atoms with Crippen molar-refractivity contribution in [2.24, 2.45) is 11.7 Å². The third kappa shape index (κ3) is 3.66. The molecule has 5 nitrogen and oxygen atoms in total. The van der Waals surface area contributed by atoms with Gasteiger partial charge in [0, 0.05) is 25.4 Å². The molecule has 3 N–H and O–H groups in total. The third-order valence-corrected chi connectivity index (χ3v) is 2.39. The van der Waals surface area contributed by atoms with Gasteiger partial charge in [-0.05, 0) is 12.3 Å². The highest BCUT2D eigenvalue weighted by atomic mass is 16.2. The molecule has 1 aromatic rings. The molecular weight excluding hydrogens is 204 g/mol. The standard InChI is InChI=1S/C11H20N4O/c1-8(2)4-10(12)11(16)15(3)7-9-5-13-14-6-9/h5-6,8,10H,4,7,12H2,1-3H3,(H,13,14)/t10-/m1/s1. The number of nitrogens with two attached hydrogens (primary N) is 1. The number of amides is 1. The first-order chi connectivity index (χ1) is 7.50. The lowest BCUT2D eigenvalue weighted by Gasteiger charge is -2.21. The number of nitrogens with zero attached hydrogens (tertiary/aromatic N) is 2. The van der Waals surface area contributed by atoms with Crippen molar-refractivity contribution in [2.75, 3.05) is 7.05 Å². The van der Waals surface area contributed by atoms with Gasteiger partial charge in [0.25, 0.3) is 0 Å². The molecule has 0 bridgehead atoms. The summed E-state index contributed by atoms with van der Waals surface area (Å²) in [5, 5.41) is 6.55. The Hall–Kier alpha value is -1.36. The summed E-state index contributed by atoms with van der Waals surface area (Å²) < 4.78 is 0. The van der Waals surface area contributed by atoms with Crippen LogP contribution in [0.25, 0.3) is 0 Å².